The van der Waals surface area contributed by atoms with Gasteiger partial charge in [0.05, 0.1) is 5.56 Å². The molecule has 0 saturated carbocycles. The molecule has 1 amide bonds. The predicted octanol–water partition coefficient (Wildman–Crippen LogP) is 1.75. The average Bonchev–Trinajstić information content (AvgIpc) is 2.30. The van der Waals surface area contributed by atoms with Crippen LogP contribution in [0.2, 0.25) is 0 Å². The Bertz CT molecular complexity index is 386. The second kappa shape index (κ2) is 6.65. The second-order valence-electron chi connectivity index (χ2n) is 3.53. The number of carbonyl (C=O) groups is 2. The van der Waals surface area contributed by atoms with Gasteiger partial charge in [-0.05, 0) is 30.7 Å². The number of benzene rings is 1. The molecule has 0 atom stereocenters. The SMILES string of the molecule is COCCCC(=O)Nc1ccc(C(=O)O)cc1. The standard InChI is InChI=1S/C12H15NO4/c1-17-8-2-3-11(14)13-10-6-4-9(5-7-10)12(15)16/h4-7H,2-3,8H2,1H3,(H,13,14)(H,15,16). The highest BCUT2D eigenvalue weighted by Gasteiger charge is 2.04. The maximum atomic E-state index is 11.4. The number of hydrogen-bond donors (Lipinski definition) is 2. The topological polar surface area (TPSA) is 75.6 Å². The van der Waals surface area contributed by atoms with Gasteiger partial charge in [-0.1, -0.05) is 0 Å². The van der Waals surface area contributed by atoms with Crippen LogP contribution in [0, 0.1) is 0 Å². The highest BCUT2D eigenvalue weighted by atomic mass is 16.5. The minimum absolute atomic E-state index is 0.106. The monoisotopic (exact) mass is 237 g/mol. The Balaban J connectivity index is 2.46. The summed E-state index contributed by atoms with van der Waals surface area (Å²) in [5, 5.41) is 11.4. The van der Waals surface area contributed by atoms with E-state index < -0.39 is 5.97 Å². The quantitative estimate of drug-likeness (QED) is 0.739. The molecule has 0 spiro atoms. The summed E-state index contributed by atoms with van der Waals surface area (Å²) in [6.45, 7) is 0.547. The second-order valence-corrected chi connectivity index (χ2v) is 3.53. The van der Waals surface area contributed by atoms with Crippen LogP contribution in [0.3, 0.4) is 0 Å². The van der Waals surface area contributed by atoms with Gasteiger partial charge < -0.3 is 15.2 Å². The van der Waals surface area contributed by atoms with Crippen LogP contribution in [0.15, 0.2) is 24.3 Å². The zero-order valence-electron chi connectivity index (χ0n) is 9.60. The molecular weight excluding hydrogens is 222 g/mol. The number of amides is 1. The van der Waals surface area contributed by atoms with Crippen molar-refractivity contribution in [1.82, 2.24) is 0 Å². The van der Waals surface area contributed by atoms with E-state index in [1.807, 2.05) is 0 Å². The van der Waals surface area contributed by atoms with E-state index in [1.54, 1.807) is 19.2 Å². The van der Waals surface area contributed by atoms with Gasteiger partial charge in [0.2, 0.25) is 5.91 Å². The number of carboxylic acids is 1. The summed E-state index contributed by atoms with van der Waals surface area (Å²) in [6.07, 6.45) is 1.05. The molecule has 0 fully saturated rings. The Morgan fingerprint density at radius 1 is 1.29 bits per heavy atom. The number of nitrogens with one attached hydrogen (secondary N) is 1. The van der Waals surface area contributed by atoms with E-state index in [2.05, 4.69) is 5.32 Å². The molecule has 0 radical (unpaired) electrons. The van der Waals surface area contributed by atoms with Gasteiger partial charge in [-0.15, -0.1) is 0 Å². The molecule has 92 valence electrons. The first kappa shape index (κ1) is 13.2. The Labute approximate surface area is 99.4 Å². The minimum atomic E-state index is -0.983. The van der Waals surface area contributed by atoms with Crippen LogP contribution >= 0.6 is 0 Å². The Kier molecular flexibility index (Phi) is 5.16. The third kappa shape index (κ3) is 4.65. The van der Waals surface area contributed by atoms with Crippen LogP contribution in [-0.4, -0.2) is 30.7 Å². The summed E-state index contributed by atoms with van der Waals surface area (Å²) in [4.78, 5) is 22.0. The van der Waals surface area contributed by atoms with Crippen molar-refractivity contribution in [3.63, 3.8) is 0 Å². The fourth-order valence-corrected chi connectivity index (χ4v) is 1.30. The third-order valence-corrected chi connectivity index (χ3v) is 2.17. The normalized spacial score (nSPS) is 9.94. The van der Waals surface area contributed by atoms with Gasteiger partial charge in [0, 0.05) is 25.8 Å². The first-order valence-electron chi connectivity index (χ1n) is 5.25. The smallest absolute Gasteiger partial charge is 0.335 e. The van der Waals surface area contributed by atoms with Crippen molar-refractivity contribution in [2.24, 2.45) is 0 Å². The summed E-state index contributed by atoms with van der Waals surface area (Å²) in [5.74, 6) is -1.09. The van der Waals surface area contributed by atoms with Crippen molar-refractivity contribution < 1.29 is 19.4 Å². The van der Waals surface area contributed by atoms with Gasteiger partial charge in [0.15, 0.2) is 0 Å². The van der Waals surface area contributed by atoms with E-state index in [9.17, 15) is 9.59 Å². The number of carboxylic acid groups (broad SMARTS) is 1. The lowest BCUT2D eigenvalue weighted by molar-refractivity contribution is -0.116. The van der Waals surface area contributed by atoms with Crippen LogP contribution in [-0.2, 0) is 9.53 Å². The largest absolute Gasteiger partial charge is 0.478 e. The van der Waals surface area contributed by atoms with Crippen molar-refractivity contribution in [2.45, 2.75) is 12.8 Å². The first-order chi connectivity index (χ1) is 8.13. The number of ether oxygens (including phenoxy) is 1. The highest BCUT2D eigenvalue weighted by molar-refractivity contribution is 5.92. The maximum Gasteiger partial charge on any atom is 0.335 e. The van der Waals surface area contributed by atoms with Gasteiger partial charge in [-0.25, -0.2) is 4.79 Å². The molecule has 0 aromatic heterocycles. The van der Waals surface area contributed by atoms with Crippen LogP contribution in [0.4, 0.5) is 5.69 Å². The summed E-state index contributed by atoms with van der Waals surface area (Å²) in [6, 6.07) is 6.04. The van der Waals surface area contributed by atoms with E-state index in [4.69, 9.17) is 9.84 Å². The molecule has 2 N–H and O–H groups in total. The molecule has 1 rings (SSSR count). The van der Waals surface area contributed by atoms with E-state index >= 15 is 0 Å². The Hall–Kier alpha value is -1.88. The van der Waals surface area contributed by atoms with Crippen LogP contribution in [0.25, 0.3) is 0 Å². The predicted molar refractivity (Wildman–Crippen MR) is 63.1 cm³/mol. The molecule has 0 saturated heterocycles. The van der Waals surface area contributed by atoms with Crippen molar-refractivity contribution in [3.8, 4) is 0 Å². The molecule has 0 aliphatic carbocycles. The van der Waals surface area contributed by atoms with Gasteiger partial charge in [-0.3, -0.25) is 4.79 Å². The molecule has 0 unspecified atom stereocenters. The first-order valence-corrected chi connectivity index (χ1v) is 5.25. The van der Waals surface area contributed by atoms with E-state index in [0.29, 0.717) is 25.1 Å². The summed E-state index contributed by atoms with van der Waals surface area (Å²) in [5.41, 5.74) is 0.791. The molecule has 5 nitrogen and oxygen atoms in total. The average molecular weight is 237 g/mol. The molecule has 0 bridgehead atoms. The van der Waals surface area contributed by atoms with Crippen molar-refractivity contribution >= 4 is 17.6 Å². The van der Waals surface area contributed by atoms with Crippen LogP contribution in [0.1, 0.15) is 23.2 Å². The summed E-state index contributed by atoms with van der Waals surface area (Å²) in [7, 11) is 1.59. The zero-order chi connectivity index (χ0) is 12.7. The molecule has 5 heteroatoms. The van der Waals surface area contributed by atoms with Gasteiger partial charge in [0.1, 0.15) is 0 Å². The fourth-order valence-electron chi connectivity index (χ4n) is 1.30. The third-order valence-electron chi connectivity index (χ3n) is 2.17. The number of carbonyl (C=O) groups excluding carboxylic acids is 1. The fraction of sp³-hybridized carbons (Fsp3) is 0.333. The molecule has 1 aromatic rings. The molecule has 0 aliphatic rings. The van der Waals surface area contributed by atoms with Crippen molar-refractivity contribution in [1.29, 1.82) is 0 Å². The molecule has 0 heterocycles. The minimum Gasteiger partial charge on any atom is -0.478 e. The lowest BCUT2D eigenvalue weighted by Crippen LogP contribution is -2.12. The lowest BCUT2D eigenvalue weighted by Gasteiger charge is -2.05. The van der Waals surface area contributed by atoms with Gasteiger partial charge in [-0.2, -0.15) is 0 Å². The van der Waals surface area contributed by atoms with E-state index in [1.165, 1.54) is 12.1 Å². The zero-order valence-corrected chi connectivity index (χ0v) is 9.60. The summed E-state index contributed by atoms with van der Waals surface area (Å²) >= 11 is 0. The summed E-state index contributed by atoms with van der Waals surface area (Å²) < 4.78 is 4.84. The van der Waals surface area contributed by atoms with Crippen LogP contribution < -0.4 is 5.32 Å². The Morgan fingerprint density at radius 3 is 2.47 bits per heavy atom. The lowest BCUT2D eigenvalue weighted by atomic mass is 10.2. The molecular formula is C12H15NO4. The van der Waals surface area contributed by atoms with Crippen LogP contribution in [0.5, 0.6) is 0 Å². The molecule has 0 aliphatic heterocycles. The molecule has 1 aromatic carbocycles. The van der Waals surface area contributed by atoms with Gasteiger partial charge in [0.25, 0.3) is 0 Å². The number of anilines is 1. The van der Waals surface area contributed by atoms with Crippen molar-refractivity contribution in [3.05, 3.63) is 29.8 Å². The Morgan fingerprint density at radius 2 is 1.94 bits per heavy atom. The van der Waals surface area contributed by atoms with E-state index in [0.717, 1.165) is 0 Å². The molecule has 17 heavy (non-hydrogen) atoms. The van der Waals surface area contributed by atoms with Crippen molar-refractivity contribution in [2.75, 3.05) is 19.0 Å². The number of methoxy groups -OCH3 is 1. The number of rotatable bonds is 6. The highest BCUT2D eigenvalue weighted by Crippen LogP contribution is 2.10. The van der Waals surface area contributed by atoms with E-state index in [-0.39, 0.29) is 11.5 Å². The number of hydrogen-bond acceptors (Lipinski definition) is 3. The van der Waals surface area contributed by atoms with Gasteiger partial charge >= 0.3 is 5.97 Å². The maximum absolute atomic E-state index is 11.4. The number of aromatic carboxylic acids is 1.